The SMILES string of the molecule is CC(O)(CNC(=O)CNC(=O)c1ccsc1)c1ccco1. The van der Waals surface area contributed by atoms with Crippen molar-refractivity contribution >= 4 is 23.2 Å². The van der Waals surface area contributed by atoms with Crippen LogP contribution in [0.25, 0.3) is 0 Å². The van der Waals surface area contributed by atoms with E-state index in [1.807, 2.05) is 0 Å². The van der Waals surface area contributed by atoms with Crippen LogP contribution in [0.5, 0.6) is 0 Å². The van der Waals surface area contributed by atoms with Crippen molar-refractivity contribution in [3.05, 3.63) is 46.5 Å². The van der Waals surface area contributed by atoms with Crippen molar-refractivity contribution in [2.45, 2.75) is 12.5 Å². The van der Waals surface area contributed by atoms with E-state index >= 15 is 0 Å². The highest BCUT2D eigenvalue weighted by atomic mass is 32.1. The van der Waals surface area contributed by atoms with Crippen LogP contribution >= 0.6 is 11.3 Å². The van der Waals surface area contributed by atoms with E-state index in [4.69, 9.17) is 4.42 Å². The summed E-state index contributed by atoms with van der Waals surface area (Å²) < 4.78 is 5.11. The fourth-order valence-corrected chi connectivity index (χ4v) is 2.30. The van der Waals surface area contributed by atoms with Crippen LogP contribution in [0.1, 0.15) is 23.0 Å². The van der Waals surface area contributed by atoms with Gasteiger partial charge in [-0.2, -0.15) is 11.3 Å². The van der Waals surface area contributed by atoms with Gasteiger partial charge in [-0.3, -0.25) is 9.59 Å². The Morgan fingerprint density at radius 3 is 2.81 bits per heavy atom. The molecule has 21 heavy (non-hydrogen) atoms. The minimum absolute atomic E-state index is 0.00628. The lowest BCUT2D eigenvalue weighted by atomic mass is 10.0. The third-order valence-electron chi connectivity index (χ3n) is 2.87. The summed E-state index contributed by atoms with van der Waals surface area (Å²) in [7, 11) is 0. The minimum Gasteiger partial charge on any atom is -0.466 e. The zero-order valence-electron chi connectivity index (χ0n) is 11.5. The van der Waals surface area contributed by atoms with Gasteiger partial charge in [-0.1, -0.05) is 0 Å². The number of thiophene rings is 1. The minimum atomic E-state index is -1.30. The first kappa shape index (κ1) is 15.3. The molecule has 0 aromatic carbocycles. The standard InChI is InChI=1S/C14H16N2O4S/c1-14(19,11-3-2-5-20-11)9-16-12(17)7-15-13(18)10-4-6-21-8-10/h2-6,8,19H,7,9H2,1H3,(H,15,18)(H,16,17). The molecule has 0 bridgehead atoms. The largest absolute Gasteiger partial charge is 0.466 e. The Morgan fingerprint density at radius 1 is 1.38 bits per heavy atom. The summed E-state index contributed by atoms with van der Waals surface area (Å²) in [6, 6.07) is 4.97. The van der Waals surface area contributed by atoms with Gasteiger partial charge < -0.3 is 20.2 Å². The molecule has 0 spiro atoms. The van der Waals surface area contributed by atoms with Crippen LogP contribution in [-0.2, 0) is 10.4 Å². The first-order valence-electron chi connectivity index (χ1n) is 6.32. The van der Waals surface area contributed by atoms with Crippen LogP contribution in [-0.4, -0.2) is 30.0 Å². The Hall–Kier alpha value is -2.12. The lowest BCUT2D eigenvalue weighted by Crippen LogP contribution is -2.43. The van der Waals surface area contributed by atoms with E-state index in [1.165, 1.54) is 24.5 Å². The molecule has 1 atom stereocenters. The third-order valence-corrected chi connectivity index (χ3v) is 3.56. The first-order valence-corrected chi connectivity index (χ1v) is 7.27. The molecule has 1 unspecified atom stereocenters. The Bertz CT molecular complexity index is 591. The molecule has 3 N–H and O–H groups in total. The zero-order chi connectivity index (χ0) is 15.3. The molecule has 0 aliphatic heterocycles. The second-order valence-corrected chi connectivity index (χ2v) is 5.50. The maximum Gasteiger partial charge on any atom is 0.252 e. The van der Waals surface area contributed by atoms with Gasteiger partial charge in [0, 0.05) is 10.9 Å². The molecule has 0 saturated carbocycles. The highest BCUT2D eigenvalue weighted by Crippen LogP contribution is 2.19. The molecule has 0 aliphatic carbocycles. The summed E-state index contributed by atoms with van der Waals surface area (Å²) in [6.07, 6.45) is 1.45. The molecule has 2 amide bonds. The van der Waals surface area contributed by atoms with Crippen LogP contribution in [0.2, 0.25) is 0 Å². The zero-order valence-corrected chi connectivity index (χ0v) is 12.3. The van der Waals surface area contributed by atoms with Crippen molar-refractivity contribution in [2.75, 3.05) is 13.1 Å². The average molecular weight is 308 g/mol. The molecular formula is C14H16N2O4S. The Kier molecular flexibility index (Phi) is 4.77. The van der Waals surface area contributed by atoms with Crippen LogP contribution < -0.4 is 10.6 Å². The fourth-order valence-electron chi connectivity index (χ4n) is 1.66. The van der Waals surface area contributed by atoms with Gasteiger partial charge >= 0.3 is 0 Å². The van der Waals surface area contributed by atoms with Crippen molar-refractivity contribution in [3.63, 3.8) is 0 Å². The second-order valence-electron chi connectivity index (χ2n) is 4.72. The van der Waals surface area contributed by atoms with Crippen molar-refractivity contribution in [3.8, 4) is 0 Å². The maximum atomic E-state index is 11.7. The maximum absolute atomic E-state index is 11.7. The molecular weight excluding hydrogens is 292 g/mol. The Morgan fingerprint density at radius 2 is 2.19 bits per heavy atom. The van der Waals surface area contributed by atoms with Crippen molar-refractivity contribution in [1.29, 1.82) is 0 Å². The van der Waals surface area contributed by atoms with E-state index in [2.05, 4.69) is 10.6 Å². The topological polar surface area (TPSA) is 91.6 Å². The van der Waals surface area contributed by atoms with Crippen LogP contribution in [0.4, 0.5) is 0 Å². The number of hydrogen-bond donors (Lipinski definition) is 3. The molecule has 0 aliphatic rings. The van der Waals surface area contributed by atoms with Gasteiger partial charge in [-0.25, -0.2) is 0 Å². The molecule has 0 saturated heterocycles. The van der Waals surface area contributed by atoms with Crippen LogP contribution in [0.3, 0.4) is 0 Å². The summed E-state index contributed by atoms with van der Waals surface area (Å²) in [6.45, 7) is 1.38. The molecule has 0 radical (unpaired) electrons. The summed E-state index contributed by atoms with van der Waals surface area (Å²) in [5.74, 6) is -0.320. The van der Waals surface area contributed by atoms with Gasteiger partial charge in [0.1, 0.15) is 11.4 Å². The van der Waals surface area contributed by atoms with Gasteiger partial charge in [-0.05, 0) is 30.5 Å². The molecule has 7 heteroatoms. The Balaban J connectivity index is 1.76. The lowest BCUT2D eigenvalue weighted by molar-refractivity contribution is -0.121. The predicted octanol–water partition coefficient (Wildman–Crippen LogP) is 1.09. The fraction of sp³-hybridized carbons (Fsp3) is 0.286. The van der Waals surface area contributed by atoms with Gasteiger partial charge in [0.2, 0.25) is 5.91 Å². The van der Waals surface area contributed by atoms with Crippen LogP contribution in [0.15, 0.2) is 39.6 Å². The molecule has 2 aromatic heterocycles. The summed E-state index contributed by atoms with van der Waals surface area (Å²) >= 11 is 1.41. The summed E-state index contributed by atoms with van der Waals surface area (Å²) in [4.78, 5) is 23.3. The predicted molar refractivity (Wildman–Crippen MR) is 77.9 cm³/mol. The second kappa shape index (κ2) is 6.55. The van der Waals surface area contributed by atoms with E-state index in [0.29, 0.717) is 11.3 Å². The van der Waals surface area contributed by atoms with E-state index in [0.717, 1.165) is 0 Å². The van der Waals surface area contributed by atoms with Crippen LogP contribution in [0, 0.1) is 0 Å². The van der Waals surface area contributed by atoms with E-state index < -0.39 is 5.60 Å². The van der Waals surface area contributed by atoms with Gasteiger partial charge in [0.25, 0.3) is 5.91 Å². The normalized spacial score (nSPS) is 13.4. The number of nitrogens with one attached hydrogen (secondary N) is 2. The van der Waals surface area contributed by atoms with E-state index in [-0.39, 0.29) is 24.9 Å². The third kappa shape index (κ3) is 4.17. The van der Waals surface area contributed by atoms with E-state index in [9.17, 15) is 14.7 Å². The summed E-state index contributed by atoms with van der Waals surface area (Å²) in [5, 5.41) is 18.7. The number of hydrogen-bond acceptors (Lipinski definition) is 5. The first-order chi connectivity index (χ1) is 9.99. The van der Waals surface area contributed by atoms with Crippen molar-refractivity contribution in [2.24, 2.45) is 0 Å². The number of aliphatic hydroxyl groups is 1. The number of carbonyl (C=O) groups is 2. The quantitative estimate of drug-likeness (QED) is 0.745. The molecule has 6 nitrogen and oxygen atoms in total. The molecule has 112 valence electrons. The smallest absolute Gasteiger partial charge is 0.252 e. The van der Waals surface area contributed by atoms with Gasteiger partial charge in [0.15, 0.2) is 0 Å². The molecule has 0 fully saturated rings. The van der Waals surface area contributed by atoms with Gasteiger partial charge in [0.05, 0.1) is 19.4 Å². The number of furan rings is 1. The highest BCUT2D eigenvalue weighted by Gasteiger charge is 2.26. The lowest BCUT2D eigenvalue weighted by Gasteiger charge is -2.21. The summed E-state index contributed by atoms with van der Waals surface area (Å²) in [5.41, 5.74) is -0.772. The number of amides is 2. The monoisotopic (exact) mass is 308 g/mol. The highest BCUT2D eigenvalue weighted by molar-refractivity contribution is 7.08. The average Bonchev–Trinajstić information content (AvgIpc) is 3.14. The molecule has 2 rings (SSSR count). The molecule has 2 heterocycles. The van der Waals surface area contributed by atoms with Crippen molar-refractivity contribution in [1.82, 2.24) is 10.6 Å². The van der Waals surface area contributed by atoms with Gasteiger partial charge in [-0.15, -0.1) is 0 Å². The van der Waals surface area contributed by atoms with E-state index in [1.54, 1.807) is 29.0 Å². The number of carbonyl (C=O) groups excluding carboxylic acids is 2. The van der Waals surface area contributed by atoms with Crippen molar-refractivity contribution < 1.29 is 19.1 Å². The Labute approximate surface area is 125 Å². The number of rotatable bonds is 6. The molecule has 2 aromatic rings.